The van der Waals surface area contributed by atoms with Crippen molar-refractivity contribution in [2.75, 3.05) is 13.1 Å². The minimum atomic E-state index is -0.434. The van der Waals surface area contributed by atoms with E-state index in [1.165, 1.54) is 9.75 Å². The molecule has 1 unspecified atom stereocenters. The molecule has 1 N–H and O–H groups in total. The minimum absolute atomic E-state index is 0.326. The van der Waals surface area contributed by atoms with Crippen LogP contribution in [0.5, 0.6) is 0 Å². The van der Waals surface area contributed by atoms with Crippen LogP contribution in [0.1, 0.15) is 34.5 Å². The highest BCUT2D eigenvalue weighted by atomic mass is 32.1. The monoisotopic (exact) mass is 305 g/mol. The van der Waals surface area contributed by atoms with E-state index in [1.807, 2.05) is 29.1 Å². The highest BCUT2D eigenvalue weighted by molar-refractivity contribution is 7.11. The molecular weight excluding hydrogens is 282 g/mol. The predicted octanol–water partition coefficient (Wildman–Crippen LogP) is 2.74. The van der Waals surface area contributed by atoms with Crippen LogP contribution < -0.4 is 0 Å². The van der Waals surface area contributed by atoms with Crippen LogP contribution in [0.25, 0.3) is 0 Å². The first-order valence-electron chi connectivity index (χ1n) is 7.56. The summed E-state index contributed by atoms with van der Waals surface area (Å²) < 4.78 is 1.92. The molecule has 0 bridgehead atoms. The molecular formula is C16H23N3OS. The third kappa shape index (κ3) is 3.36. The molecule has 0 aliphatic carbocycles. The lowest BCUT2D eigenvalue weighted by molar-refractivity contribution is 0.0494. The van der Waals surface area contributed by atoms with Gasteiger partial charge in [0.25, 0.3) is 0 Å². The van der Waals surface area contributed by atoms with Crippen molar-refractivity contribution in [1.29, 1.82) is 0 Å². The smallest absolute Gasteiger partial charge is 0.137 e. The van der Waals surface area contributed by atoms with Crippen molar-refractivity contribution in [3.8, 4) is 0 Å². The first kappa shape index (κ1) is 14.8. The van der Waals surface area contributed by atoms with E-state index in [0.29, 0.717) is 5.92 Å². The van der Waals surface area contributed by atoms with E-state index in [0.717, 1.165) is 38.3 Å². The molecule has 1 saturated heterocycles. The number of thiophene rings is 1. The Labute approximate surface area is 130 Å². The molecule has 0 aromatic carbocycles. The maximum atomic E-state index is 10.5. The number of aromatic nitrogens is 2. The maximum Gasteiger partial charge on any atom is 0.137 e. The molecule has 1 aliphatic heterocycles. The highest BCUT2D eigenvalue weighted by Gasteiger charge is 2.28. The van der Waals surface area contributed by atoms with Gasteiger partial charge in [-0.2, -0.15) is 0 Å². The van der Waals surface area contributed by atoms with Crippen LogP contribution in [-0.2, 0) is 13.6 Å². The number of hydrogen-bond donors (Lipinski definition) is 1. The summed E-state index contributed by atoms with van der Waals surface area (Å²) in [5, 5.41) is 10.5. The van der Waals surface area contributed by atoms with Gasteiger partial charge in [-0.05, 0) is 50.9 Å². The molecule has 4 nitrogen and oxygen atoms in total. The average molecular weight is 305 g/mol. The standard InChI is InChI=1S/C16H23N3OS/c1-12-3-4-14(21-12)11-19-8-5-13(6-9-19)15(20)16-17-7-10-18(16)2/h3-4,7,10,13,15,20H,5-6,8-9,11H2,1-2H3. The number of piperidine rings is 1. The van der Waals surface area contributed by atoms with Gasteiger partial charge in [-0.1, -0.05) is 0 Å². The Morgan fingerprint density at radius 1 is 1.38 bits per heavy atom. The van der Waals surface area contributed by atoms with E-state index in [4.69, 9.17) is 0 Å². The van der Waals surface area contributed by atoms with Crippen LogP contribution >= 0.6 is 11.3 Å². The van der Waals surface area contributed by atoms with E-state index in [-0.39, 0.29) is 0 Å². The number of nitrogens with zero attached hydrogens (tertiary/aromatic N) is 3. The Bertz CT molecular complexity index is 584. The molecule has 1 atom stereocenters. The molecule has 2 aromatic heterocycles. The van der Waals surface area contributed by atoms with Crippen molar-refractivity contribution in [3.05, 3.63) is 40.1 Å². The lowest BCUT2D eigenvalue weighted by Crippen LogP contribution is -2.35. The van der Waals surface area contributed by atoms with Gasteiger partial charge in [0.2, 0.25) is 0 Å². The van der Waals surface area contributed by atoms with Crippen LogP contribution in [0, 0.1) is 12.8 Å². The van der Waals surface area contributed by atoms with Gasteiger partial charge in [-0.3, -0.25) is 4.90 Å². The van der Waals surface area contributed by atoms with Crippen LogP contribution in [0.4, 0.5) is 0 Å². The van der Waals surface area contributed by atoms with Crippen molar-refractivity contribution in [3.63, 3.8) is 0 Å². The van der Waals surface area contributed by atoms with Gasteiger partial charge >= 0.3 is 0 Å². The number of aliphatic hydroxyl groups is 1. The molecule has 1 aliphatic rings. The SMILES string of the molecule is Cc1ccc(CN2CCC(C(O)c3nccn3C)CC2)s1. The fourth-order valence-corrected chi connectivity index (χ4v) is 4.02. The molecule has 0 radical (unpaired) electrons. The molecule has 3 heterocycles. The Hall–Kier alpha value is -1.17. The molecule has 2 aromatic rings. The van der Waals surface area contributed by atoms with Gasteiger partial charge in [-0.15, -0.1) is 11.3 Å². The number of aliphatic hydroxyl groups excluding tert-OH is 1. The van der Waals surface area contributed by atoms with Gasteiger partial charge in [0.15, 0.2) is 0 Å². The fourth-order valence-electron chi connectivity index (χ4n) is 3.09. The van der Waals surface area contributed by atoms with E-state index in [9.17, 15) is 5.11 Å². The second-order valence-electron chi connectivity index (χ2n) is 5.97. The first-order chi connectivity index (χ1) is 10.1. The second kappa shape index (κ2) is 6.30. The van der Waals surface area contributed by atoms with E-state index in [1.54, 1.807) is 6.20 Å². The summed E-state index contributed by atoms with van der Waals surface area (Å²) in [7, 11) is 1.94. The largest absolute Gasteiger partial charge is 0.385 e. The molecule has 3 rings (SSSR count). The zero-order valence-electron chi connectivity index (χ0n) is 12.7. The van der Waals surface area contributed by atoms with Gasteiger partial charge in [0.05, 0.1) is 0 Å². The first-order valence-corrected chi connectivity index (χ1v) is 8.38. The quantitative estimate of drug-likeness (QED) is 0.944. The maximum absolute atomic E-state index is 10.5. The molecule has 0 amide bonds. The van der Waals surface area contributed by atoms with E-state index in [2.05, 4.69) is 28.9 Å². The number of likely N-dealkylation sites (tertiary alicyclic amines) is 1. The topological polar surface area (TPSA) is 41.3 Å². The number of imidazole rings is 1. The van der Waals surface area contributed by atoms with Crippen molar-refractivity contribution in [2.24, 2.45) is 13.0 Å². The van der Waals surface area contributed by atoms with Gasteiger partial charge in [-0.25, -0.2) is 4.98 Å². The van der Waals surface area contributed by atoms with Crippen LogP contribution in [-0.4, -0.2) is 32.6 Å². The van der Waals surface area contributed by atoms with Crippen molar-refractivity contribution in [1.82, 2.24) is 14.5 Å². The summed E-state index contributed by atoms with van der Waals surface area (Å²) in [6.45, 7) is 5.32. The molecule has 1 fully saturated rings. The van der Waals surface area contributed by atoms with Gasteiger partial charge in [0.1, 0.15) is 11.9 Å². The second-order valence-corrected chi connectivity index (χ2v) is 7.34. The van der Waals surface area contributed by atoms with E-state index >= 15 is 0 Å². The Balaban J connectivity index is 1.54. The van der Waals surface area contributed by atoms with Crippen molar-refractivity contribution >= 4 is 11.3 Å². The summed E-state index contributed by atoms with van der Waals surface area (Å²) in [5.74, 6) is 1.12. The normalized spacial score (nSPS) is 19.0. The van der Waals surface area contributed by atoms with Crippen LogP contribution in [0.2, 0.25) is 0 Å². The Morgan fingerprint density at radius 3 is 2.71 bits per heavy atom. The molecule has 0 spiro atoms. The van der Waals surface area contributed by atoms with E-state index < -0.39 is 6.10 Å². The number of rotatable bonds is 4. The molecule has 21 heavy (non-hydrogen) atoms. The fraction of sp³-hybridized carbons (Fsp3) is 0.562. The predicted molar refractivity (Wildman–Crippen MR) is 85.2 cm³/mol. The third-order valence-corrected chi connectivity index (χ3v) is 5.36. The van der Waals surface area contributed by atoms with Gasteiger partial charge < -0.3 is 9.67 Å². The minimum Gasteiger partial charge on any atom is -0.385 e. The summed E-state index contributed by atoms with van der Waals surface area (Å²) >= 11 is 1.88. The molecule has 5 heteroatoms. The Morgan fingerprint density at radius 2 is 2.14 bits per heavy atom. The molecule has 0 saturated carbocycles. The average Bonchev–Trinajstić information content (AvgIpc) is 3.08. The summed E-state index contributed by atoms with van der Waals surface area (Å²) in [6.07, 6.45) is 5.30. The zero-order valence-corrected chi connectivity index (χ0v) is 13.5. The lowest BCUT2D eigenvalue weighted by atomic mass is 9.90. The third-order valence-electron chi connectivity index (χ3n) is 4.38. The van der Waals surface area contributed by atoms with Gasteiger partial charge in [0, 0.05) is 35.7 Å². The van der Waals surface area contributed by atoms with Crippen molar-refractivity contribution in [2.45, 2.75) is 32.4 Å². The number of aryl methyl sites for hydroxylation is 2. The molecule has 114 valence electrons. The summed E-state index contributed by atoms with van der Waals surface area (Å²) in [4.78, 5) is 9.59. The lowest BCUT2D eigenvalue weighted by Gasteiger charge is -2.33. The van der Waals surface area contributed by atoms with Crippen molar-refractivity contribution < 1.29 is 5.11 Å². The number of hydrogen-bond acceptors (Lipinski definition) is 4. The zero-order chi connectivity index (χ0) is 14.8. The summed E-state index contributed by atoms with van der Waals surface area (Å²) in [6, 6.07) is 4.42. The van der Waals surface area contributed by atoms with Crippen LogP contribution in [0.3, 0.4) is 0 Å². The van der Waals surface area contributed by atoms with Crippen LogP contribution in [0.15, 0.2) is 24.5 Å². The summed E-state index contributed by atoms with van der Waals surface area (Å²) in [5.41, 5.74) is 0. The Kier molecular flexibility index (Phi) is 4.42. The highest BCUT2D eigenvalue weighted by Crippen LogP contribution is 2.30.